The first-order valence-corrected chi connectivity index (χ1v) is 8.97. The van der Waals surface area contributed by atoms with Crippen molar-refractivity contribution >= 4 is 6.34 Å². The topological polar surface area (TPSA) is 116 Å². The molecule has 6 N–H and O–H groups in total. The van der Waals surface area contributed by atoms with Crippen molar-refractivity contribution in [1.82, 2.24) is 9.99 Å². The molecule has 0 aliphatic heterocycles. The number of halogens is 4. The van der Waals surface area contributed by atoms with Crippen LogP contribution in [0.15, 0.2) is 41.6 Å². The Balaban J connectivity index is 2.47. The molecule has 0 aliphatic rings. The fourth-order valence-electron chi connectivity index (χ4n) is 3.03. The summed E-state index contributed by atoms with van der Waals surface area (Å²) in [5, 5.41) is 3.84. The van der Waals surface area contributed by atoms with Crippen molar-refractivity contribution in [1.29, 1.82) is 0 Å². The van der Waals surface area contributed by atoms with E-state index in [1.165, 1.54) is 12.3 Å². The zero-order valence-electron chi connectivity index (χ0n) is 16.4. The Labute approximate surface area is 171 Å². The highest BCUT2D eigenvalue weighted by Gasteiger charge is 2.56. The fraction of sp³-hybridized carbons (Fsp3) is 0.368. The third kappa shape index (κ3) is 5.04. The lowest BCUT2D eigenvalue weighted by molar-refractivity contribution is -0.0964. The van der Waals surface area contributed by atoms with Crippen LogP contribution in [0.25, 0.3) is 0 Å². The zero-order chi connectivity index (χ0) is 22.4. The van der Waals surface area contributed by atoms with E-state index in [4.69, 9.17) is 22.2 Å². The van der Waals surface area contributed by atoms with Gasteiger partial charge in [-0.2, -0.15) is 13.9 Å². The number of nitrogens with zero attached hydrogens (tertiary/aromatic N) is 3. The lowest BCUT2D eigenvalue weighted by Crippen LogP contribution is -2.59. The second-order valence-electron chi connectivity index (χ2n) is 6.75. The van der Waals surface area contributed by atoms with Gasteiger partial charge in [-0.05, 0) is 30.5 Å². The molecule has 0 saturated heterocycles. The van der Waals surface area contributed by atoms with Gasteiger partial charge in [-0.1, -0.05) is 12.1 Å². The number of aromatic nitrogens is 1. The van der Waals surface area contributed by atoms with Crippen molar-refractivity contribution in [3.63, 3.8) is 0 Å². The summed E-state index contributed by atoms with van der Waals surface area (Å²) in [6, 6.07) is 4.75. The van der Waals surface area contributed by atoms with E-state index in [1.807, 2.05) is 0 Å². The van der Waals surface area contributed by atoms with Gasteiger partial charge in [0, 0.05) is 31.5 Å². The molecule has 1 aromatic heterocycles. The minimum Gasteiger partial charge on any atom is -0.385 e. The first-order valence-electron chi connectivity index (χ1n) is 8.97. The smallest absolute Gasteiger partial charge is 0.313 e. The summed E-state index contributed by atoms with van der Waals surface area (Å²) in [6.07, 6.45) is 3.42. The Morgan fingerprint density at radius 1 is 1.23 bits per heavy atom. The quantitative estimate of drug-likeness (QED) is 0.133. The number of benzene rings is 1. The Bertz CT molecular complexity index is 865. The van der Waals surface area contributed by atoms with Gasteiger partial charge in [0.2, 0.25) is 0 Å². The van der Waals surface area contributed by atoms with Crippen molar-refractivity contribution in [2.45, 2.75) is 24.3 Å². The summed E-state index contributed by atoms with van der Waals surface area (Å²) in [6.45, 7) is -0.275. The largest absolute Gasteiger partial charge is 0.385 e. The summed E-state index contributed by atoms with van der Waals surface area (Å²) in [5.74, 6) is 4.54. The highest BCUT2D eigenvalue weighted by atomic mass is 19.3. The average molecular weight is 428 g/mol. The number of nitrogens with two attached hydrogens (primary N) is 3. The van der Waals surface area contributed by atoms with Crippen molar-refractivity contribution < 1.29 is 22.3 Å². The number of aryl methyl sites for hydroxylation is 1. The first-order chi connectivity index (χ1) is 14.2. The molecule has 1 aromatic carbocycles. The predicted molar refractivity (Wildman–Crippen MR) is 104 cm³/mol. The lowest BCUT2D eigenvalue weighted by Gasteiger charge is -2.39. The molecular weight excluding hydrogens is 404 g/mol. The Morgan fingerprint density at radius 2 is 1.97 bits per heavy atom. The zero-order valence-corrected chi connectivity index (χ0v) is 16.4. The normalized spacial score (nSPS) is 14.1. The van der Waals surface area contributed by atoms with Crippen molar-refractivity contribution in [2.24, 2.45) is 22.5 Å². The molecule has 1 unspecified atom stereocenters. The van der Waals surface area contributed by atoms with Crippen LogP contribution in [0.1, 0.15) is 23.2 Å². The summed E-state index contributed by atoms with van der Waals surface area (Å²) in [7, 11) is 1.56. The van der Waals surface area contributed by atoms with Crippen LogP contribution in [0.2, 0.25) is 0 Å². The second-order valence-corrected chi connectivity index (χ2v) is 6.75. The minimum atomic E-state index is -3.89. The molecule has 1 heterocycles. The summed E-state index contributed by atoms with van der Waals surface area (Å²) < 4.78 is 63.9. The Morgan fingerprint density at radius 3 is 2.53 bits per heavy atom. The van der Waals surface area contributed by atoms with Gasteiger partial charge in [0.25, 0.3) is 0 Å². The minimum absolute atomic E-state index is 0.469. The van der Waals surface area contributed by atoms with Crippen LogP contribution in [0.4, 0.5) is 17.6 Å². The van der Waals surface area contributed by atoms with E-state index in [0.717, 1.165) is 30.1 Å². The standard InChI is InChI=1S/C19H24F4N6O/c1-30-8-2-3-13-4-7-17(27-10-13)19(22,23)18(24,11-29(26)12-28-25)15-6-5-14(20)9-16(15)21/h4-7,9-10,12H,2-3,8,11,24-26H2,1H3/b28-12-. The highest BCUT2D eigenvalue weighted by Crippen LogP contribution is 2.44. The van der Waals surface area contributed by atoms with Crippen molar-refractivity contribution in [2.75, 3.05) is 20.3 Å². The first kappa shape index (κ1) is 23.5. The molecule has 164 valence electrons. The van der Waals surface area contributed by atoms with Gasteiger partial charge in [0.15, 0.2) is 0 Å². The molecule has 0 bridgehead atoms. The number of hydrogen-bond acceptors (Lipinski definition) is 6. The summed E-state index contributed by atoms with van der Waals surface area (Å²) in [5.41, 5.74) is 2.73. The number of hydrogen-bond donors (Lipinski definition) is 3. The van der Waals surface area contributed by atoms with E-state index in [0.29, 0.717) is 30.5 Å². The van der Waals surface area contributed by atoms with Gasteiger partial charge in [0.05, 0.1) is 6.54 Å². The molecule has 0 aliphatic carbocycles. The van der Waals surface area contributed by atoms with E-state index in [9.17, 15) is 8.78 Å². The molecule has 30 heavy (non-hydrogen) atoms. The van der Waals surface area contributed by atoms with Gasteiger partial charge in [-0.25, -0.2) is 14.6 Å². The van der Waals surface area contributed by atoms with E-state index >= 15 is 8.78 Å². The number of hydrazone groups is 1. The summed E-state index contributed by atoms with van der Waals surface area (Å²) >= 11 is 0. The molecule has 11 heteroatoms. The predicted octanol–water partition coefficient (Wildman–Crippen LogP) is 1.96. The number of hydrazine groups is 1. The van der Waals surface area contributed by atoms with E-state index in [1.54, 1.807) is 7.11 Å². The lowest BCUT2D eigenvalue weighted by atomic mass is 9.81. The molecule has 1 atom stereocenters. The molecule has 0 saturated carbocycles. The van der Waals surface area contributed by atoms with E-state index < -0.39 is 40.9 Å². The Kier molecular flexibility index (Phi) is 7.71. The van der Waals surface area contributed by atoms with Crippen molar-refractivity contribution in [3.8, 4) is 0 Å². The molecule has 0 amide bonds. The third-order valence-electron chi connectivity index (χ3n) is 4.58. The monoisotopic (exact) mass is 428 g/mol. The number of rotatable bonds is 10. The van der Waals surface area contributed by atoms with Gasteiger partial charge < -0.3 is 16.3 Å². The SMILES string of the molecule is COCCCc1ccc(C(F)(F)C(N)(CN(N)/C=N\N)c2ccc(F)cc2F)nc1. The van der Waals surface area contributed by atoms with Gasteiger partial charge in [-0.3, -0.25) is 9.99 Å². The molecule has 0 fully saturated rings. The van der Waals surface area contributed by atoms with Gasteiger partial charge >= 0.3 is 5.92 Å². The number of ether oxygens (including phenoxy) is 1. The van der Waals surface area contributed by atoms with Crippen molar-refractivity contribution in [3.05, 3.63) is 65.0 Å². The number of pyridine rings is 1. The molecule has 2 aromatic rings. The third-order valence-corrected chi connectivity index (χ3v) is 4.58. The summed E-state index contributed by atoms with van der Waals surface area (Å²) in [4.78, 5) is 3.84. The Hall–Kier alpha value is -2.76. The maximum atomic E-state index is 15.6. The molecule has 0 radical (unpaired) electrons. The second kappa shape index (κ2) is 9.83. The maximum Gasteiger partial charge on any atom is 0.313 e. The van der Waals surface area contributed by atoms with Crippen LogP contribution >= 0.6 is 0 Å². The number of alkyl halides is 2. The maximum absolute atomic E-state index is 15.6. The van der Waals surface area contributed by atoms with Crippen LogP contribution in [-0.2, 0) is 22.6 Å². The highest BCUT2D eigenvalue weighted by molar-refractivity contribution is 5.54. The van der Waals surface area contributed by atoms with Gasteiger partial charge in [0.1, 0.15) is 29.2 Å². The molecule has 0 spiro atoms. The van der Waals surface area contributed by atoms with Crippen LogP contribution in [-0.4, -0.2) is 36.6 Å². The number of methoxy groups -OCH3 is 1. The van der Waals surface area contributed by atoms with Crippen LogP contribution in [0.3, 0.4) is 0 Å². The van der Waals surface area contributed by atoms with E-state index in [-0.39, 0.29) is 0 Å². The molecule has 2 rings (SSSR count). The van der Waals surface area contributed by atoms with Gasteiger partial charge in [-0.15, -0.1) is 0 Å². The fourth-order valence-corrected chi connectivity index (χ4v) is 3.03. The van der Waals surface area contributed by atoms with Crippen LogP contribution < -0.4 is 17.4 Å². The average Bonchev–Trinajstić information content (AvgIpc) is 2.68. The van der Waals surface area contributed by atoms with Crippen LogP contribution in [0, 0.1) is 11.6 Å². The van der Waals surface area contributed by atoms with E-state index in [2.05, 4.69) is 10.1 Å². The molecular formula is C19H24F4N6O. The molecule has 7 nitrogen and oxygen atoms in total. The van der Waals surface area contributed by atoms with Crippen LogP contribution in [0.5, 0.6) is 0 Å².